The van der Waals surface area contributed by atoms with Gasteiger partial charge in [-0.25, -0.2) is 9.59 Å². The summed E-state index contributed by atoms with van der Waals surface area (Å²) in [6, 6.07) is 8.75. The molecule has 2 aliphatic rings. The summed E-state index contributed by atoms with van der Waals surface area (Å²) < 4.78 is 21.6. The van der Waals surface area contributed by atoms with E-state index in [2.05, 4.69) is 10.6 Å². The van der Waals surface area contributed by atoms with E-state index in [4.69, 9.17) is 18.9 Å². The fraction of sp³-hybridized carbons (Fsp3) is 0.273. The monoisotopic (exact) mass is 426 g/mol. The topological polar surface area (TPSA) is 115 Å². The summed E-state index contributed by atoms with van der Waals surface area (Å²) >= 11 is 0. The first kappa shape index (κ1) is 20.4. The number of phenols is 1. The number of ether oxygens (including phenoxy) is 4. The molecule has 0 spiro atoms. The highest BCUT2D eigenvalue weighted by Gasteiger charge is 2.33. The molecule has 9 heteroatoms. The third-order valence-electron chi connectivity index (χ3n) is 4.91. The number of carbonyl (C=O) groups is 2. The molecule has 2 aliphatic heterocycles. The average Bonchev–Trinajstić information content (AvgIpc) is 3.21. The lowest BCUT2D eigenvalue weighted by molar-refractivity contribution is -0.140. The average molecular weight is 426 g/mol. The molecule has 0 radical (unpaired) electrons. The van der Waals surface area contributed by atoms with Crippen LogP contribution in [-0.2, 0) is 16.1 Å². The second-order valence-electron chi connectivity index (χ2n) is 6.99. The summed E-state index contributed by atoms with van der Waals surface area (Å²) in [5.41, 5.74) is 1.96. The Kier molecular flexibility index (Phi) is 5.57. The van der Waals surface area contributed by atoms with Crippen LogP contribution in [0.3, 0.4) is 0 Å². The maximum atomic E-state index is 13.0. The molecular weight excluding hydrogens is 404 g/mol. The van der Waals surface area contributed by atoms with Crippen molar-refractivity contribution in [1.29, 1.82) is 0 Å². The number of benzene rings is 2. The van der Waals surface area contributed by atoms with Crippen LogP contribution in [0, 0.1) is 0 Å². The lowest BCUT2D eigenvalue weighted by Gasteiger charge is -2.28. The van der Waals surface area contributed by atoms with Crippen LogP contribution in [0.15, 0.2) is 47.7 Å². The van der Waals surface area contributed by atoms with Gasteiger partial charge in [-0.1, -0.05) is 12.1 Å². The van der Waals surface area contributed by atoms with Gasteiger partial charge >= 0.3 is 12.0 Å². The van der Waals surface area contributed by atoms with Crippen LogP contribution in [-0.4, -0.2) is 30.5 Å². The zero-order chi connectivity index (χ0) is 22.0. The minimum atomic E-state index is -0.766. The van der Waals surface area contributed by atoms with Crippen molar-refractivity contribution in [2.24, 2.45) is 0 Å². The van der Waals surface area contributed by atoms with Gasteiger partial charge in [0.25, 0.3) is 0 Å². The molecule has 3 N–H and O–H groups in total. The second-order valence-corrected chi connectivity index (χ2v) is 6.99. The van der Waals surface area contributed by atoms with Gasteiger partial charge in [0.1, 0.15) is 6.61 Å². The van der Waals surface area contributed by atoms with Gasteiger partial charge in [-0.2, -0.15) is 0 Å². The Balaban J connectivity index is 1.56. The van der Waals surface area contributed by atoms with E-state index >= 15 is 0 Å². The molecule has 9 nitrogen and oxygen atoms in total. The molecule has 2 heterocycles. The van der Waals surface area contributed by atoms with E-state index in [0.717, 1.165) is 5.56 Å². The highest BCUT2D eigenvalue weighted by Crippen LogP contribution is 2.35. The lowest BCUT2D eigenvalue weighted by Crippen LogP contribution is -2.45. The van der Waals surface area contributed by atoms with Crippen molar-refractivity contribution in [1.82, 2.24) is 10.6 Å². The third-order valence-corrected chi connectivity index (χ3v) is 4.91. The number of esters is 1. The van der Waals surface area contributed by atoms with E-state index in [9.17, 15) is 14.7 Å². The largest absolute Gasteiger partial charge is 0.504 e. The van der Waals surface area contributed by atoms with Crippen LogP contribution < -0.4 is 24.8 Å². The SMILES string of the molecule is CCOc1cc(C2NC(=O)NC(C)=C2C(=O)OCc2ccc3c(c2)OCO3)ccc1O. The second kappa shape index (κ2) is 8.47. The Morgan fingerprint density at radius 1 is 1.19 bits per heavy atom. The van der Waals surface area contributed by atoms with Crippen molar-refractivity contribution in [3.05, 3.63) is 58.8 Å². The highest BCUT2D eigenvalue weighted by molar-refractivity contribution is 5.95. The summed E-state index contributed by atoms with van der Waals surface area (Å²) in [6.45, 7) is 3.96. The summed E-state index contributed by atoms with van der Waals surface area (Å²) in [7, 11) is 0. The first-order chi connectivity index (χ1) is 15.0. The van der Waals surface area contributed by atoms with Crippen LogP contribution in [0.25, 0.3) is 0 Å². The van der Waals surface area contributed by atoms with Gasteiger partial charge in [-0.15, -0.1) is 0 Å². The fourth-order valence-electron chi connectivity index (χ4n) is 3.45. The van der Waals surface area contributed by atoms with Crippen molar-refractivity contribution in [3.63, 3.8) is 0 Å². The van der Waals surface area contributed by atoms with Crippen molar-refractivity contribution >= 4 is 12.0 Å². The van der Waals surface area contributed by atoms with E-state index in [0.29, 0.717) is 29.4 Å². The quantitative estimate of drug-likeness (QED) is 0.609. The molecule has 1 atom stereocenters. The van der Waals surface area contributed by atoms with Crippen molar-refractivity contribution in [2.75, 3.05) is 13.4 Å². The third kappa shape index (κ3) is 4.20. The van der Waals surface area contributed by atoms with Crippen molar-refractivity contribution < 1.29 is 33.6 Å². The number of carbonyl (C=O) groups excluding carboxylic acids is 2. The summed E-state index contributed by atoms with van der Waals surface area (Å²) in [4.78, 5) is 25.1. The number of urea groups is 1. The van der Waals surface area contributed by atoms with Gasteiger partial charge in [0, 0.05) is 5.70 Å². The smallest absolute Gasteiger partial charge is 0.338 e. The van der Waals surface area contributed by atoms with Crippen LogP contribution in [0.5, 0.6) is 23.0 Å². The number of aromatic hydroxyl groups is 1. The van der Waals surface area contributed by atoms with Crippen LogP contribution in [0.2, 0.25) is 0 Å². The molecule has 162 valence electrons. The van der Waals surface area contributed by atoms with Crippen LogP contribution in [0.1, 0.15) is 31.0 Å². The maximum Gasteiger partial charge on any atom is 0.338 e. The Morgan fingerprint density at radius 2 is 2.00 bits per heavy atom. The Hall–Kier alpha value is -3.88. The zero-order valence-corrected chi connectivity index (χ0v) is 17.1. The van der Waals surface area contributed by atoms with Gasteiger partial charge in [0.2, 0.25) is 6.79 Å². The van der Waals surface area contributed by atoms with E-state index in [1.54, 1.807) is 44.2 Å². The summed E-state index contributed by atoms with van der Waals surface area (Å²) in [5.74, 6) is 0.891. The van der Waals surface area contributed by atoms with E-state index in [1.165, 1.54) is 6.07 Å². The van der Waals surface area contributed by atoms with E-state index in [1.807, 2.05) is 0 Å². The Bertz CT molecular complexity index is 1060. The van der Waals surface area contributed by atoms with Crippen molar-refractivity contribution in [2.45, 2.75) is 26.5 Å². The van der Waals surface area contributed by atoms with Crippen molar-refractivity contribution in [3.8, 4) is 23.0 Å². The fourth-order valence-corrected chi connectivity index (χ4v) is 3.45. The highest BCUT2D eigenvalue weighted by atomic mass is 16.7. The standard InChI is InChI=1S/C22H22N2O7/c1-3-28-17-9-14(5-6-15(17)25)20-19(12(2)23-22(27)24-20)21(26)29-10-13-4-7-16-18(8-13)31-11-30-16/h4-9,20,25H,3,10-11H2,1-2H3,(H2,23,24,27). The molecular formula is C22H22N2O7. The van der Waals surface area contributed by atoms with Crippen LogP contribution >= 0.6 is 0 Å². The van der Waals surface area contributed by atoms with Gasteiger partial charge in [-0.3, -0.25) is 0 Å². The molecule has 0 aliphatic carbocycles. The maximum absolute atomic E-state index is 13.0. The number of phenolic OH excluding ortho intramolecular Hbond substituents is 1. The predicted octanol–water partition coefficient (Wildman–Crippen LogP) is 2.89. The lowest BCUT2D eigenvalue weighted by atomic mass is 9.95. The molecule has 2 aromatic carbocycles. The van der Waals surface area contributed by atoms with Crippen LogP contribution in [0.4, 0.5) is 4.79 Å². The van der Waals surface area contributed by atoms with E-state index in [-0.39, 0.29) is 30.5 Å². The minimum Gasteiger partial charge on any atom is -0.504 e. The molecule has 4 rings (SSSR count). The number of rotatable bonds is 6. The zero-order valence-electron chi connectivity index (χ0n) is 17.1. The number of nitrogens with one attached hydrogen (secondary N) is 2. The Morgan fingerprint density at radius 3 is 2.81 bits per heavy atom. The van der Waals surface area contributed by atoms with Gasteiger partial charge < -0.3 is 34.7 Å². The molecule has 31 heavy (non-hydrogen) atoms. The molecule has 0 saturated heterocycles. The molecule has 1 unspecified atom stereocenters. The number of amides is 2. The molecule has 2 amide bonds. The molecule has 0 saturated carbocycles. The number of allylic oxidation sites excluding steroid dienone is 1. The normalized spacial score (nSPS) is 17.1. The first-order valence-electron chi connectivity index (χ1n) is 9.76. The number of hydrogen-bond donors (Lipinski definition) is 3. The first-order valence-corrected chi connectivity index (χ1v) is 9.76. The molecule has 0 bridgehead atoms. The summed E-state index contributed by atoms with van der Waals surface area (Å²) in [6.07, 6.45) is 0. The number of fused-ring (bicyclic) bond motifs is 1. The minimum absolute atomic E-state index is 0.0205. The van der Waals surface area contributed by atoms with Gasteiger partial charge in [-0.05, 0) is 49.2 Å². The summed E-state index contributed by atoms with van der Waals surface area (Å²) in [5, 5.41) is 15.3. The number of hydrogen-bond acceptors (Lipinski definition) is 7. The van der Waals surface area contributed by atoms with Gasteiger partial charge in [0.15, 0.2) is 23.0 Å². The predicted molar refractivity (Wildman–Crippen MR) is 109 cm³/mol. The molecule has 2 aromatic rings. The van der Waals surface area contributed by atoms with Gasteiger partial charge in [0.05, 0.1) is 18.2 Å². The van der Waals surface area contributed by atoms with E-state index < -0.39 is 18.0 Å². The molecule has 0 aromatic heterocycles. The molecule has 0 fully saturated rings. The Labute approximate surface area is 178 Å².